The number of likely N-dealkylation sites (N-methyl/N-ethyl adjacent to an activating group) is 1. The summed E-state index contributed by atoms with van der Waals surface area (Å²) >= 11 is 0. The monoisotopic (exact) mass is 447 g/mol. The van der Waals surface area contributed by atoms with Crippen LogP contribution in [0.25, 0.3) is 22.7 Å². The van der Waals surface area contributed by atoms with Crippen molar-refractivity contribution in [3.63, 3.8) is 0 Å². The van der Waals surface area contributed by atoms with Crippen LogP contribution < -0.4 is 5.69 Å². The summed E-state index contributed by atoms with van der Waals surface area (Å²) in [4.78, 5) is 17.5. The van der Waals surface area contributed by atoms with Crippen LogP contribution in [0.4, 0.5) is 8.78 Å². The second-order valence-electron chi connectivity index (χ2n) is 9.12. The van der Waals surface area contributed by atoms with Crippen LogP contribution in [-0.2, 0) is 13.0 Å². The summed E-state index contributed by atoms with van der Waals surface area (Å²) in [5.74, 6) is -0.259. The van der Waals surface area contributed by atoms with Crippen LogP contribution in [0.1, 0.15) is 29.5 Å². The van der Waals surface area contributed by atoms with Crippen molar-refractivity contribution in [3.8, 4) is 0 Å². The number of alkyl halides is 1. The molecule has 3 aromatic rings. The van der Waals surface area contributed by atoms with Crippen LogP contribution in [0.5, 0.6) is 0 Å². The number of rotatable bonds is 4. The fraction of sp³-hybridized carbons (Fsp3) is 0.296. The Kier molecular flexibility index (Phi) is 5.62. The van der Waals surface area contributed by atoms with Crippen molar-refractivity contribution in [2.24, 2.45) is 0 Å². The molecular weight excluding hydrogens is 420 g/mol. The molecular formula is C27H27F2N3O. The second kappa shape index (κ2) is 8.60. The molecule has 2 aromatic carbocycles. The zero-order chi connectivity index (χ0) is 23.1. The first-order chi connectivity index (χ1) is 15.9. The van der Waals surface area contributed by atoms with Gasteiger partial charge in [-0.1, -0.05) is 23.8 Å². The number of benzene rings is 2. The number of fused-ring (bicyclic) bond motifs is 2. The van der Waals surface area contributed by atoms with E-state index in [9.17, 15) is 13.6 Å². The molecule has 5 rings (SSSR count). The third-order valence-corrected chi connectivity index (χ3v) is 6.52. The number of nitrogens with zero attached hydrogens (tertiary/aromatic N) is 2. The number of hydrogen-bond acceptors (Lipinski definition) is 2. The van der Waals surface area contributed by atoms with E-state index in [1.54, 1.807) is 16.7 Å². The smallest absolute Gasteiger partial charge is 0.308 e. The normalized spacial score (nSPS) is 19.3. The summed E-state index contributed by atoms with van der Waals surface area (Å²) in [6, 6.07) is 10.8. The van der Waals surface area contributed by atoms with E-state index in [2.05, 4.69) is 11.1 Å². The van der Waals surface area contributed by atoms with E-state index in [0.717, 1.165) is 57.4 Å². The molecule has 0 radical (unpaired) electrons. The van der Waals surface area contributed by atoms with Gasteiger partial charge in [0.25, 0.3) is 0 Å². The molecule has 1 heterocycles. The lowest BCUT2D eigenvalue weighted by molar-refractivity contribution is 0.384. The summed E-state index contributed by atoms with van der Waals surface area (Å²) in [5, 5.41) is 0. The Balaban J connectivity index is 1.62. The molecule has 2 aliphatic rings. The Labute approximate surface area is 191 Å². The van der Waals surface area contributed by atoms with Gasteiger partial charge in [0.15, 0.2) is 0 Å². The van der Waals surface area contributed by atoms with Crippen LogP contribution in [0.15, 0.2) is 64.5 Å². The maximum Gasteiger partial charge on any atom is 0.326 e. The van der Waals surface area contributed by atoms with Crippen molar-refractivity contribution in [3.05, 3.63) is 92.7 Å². The first-order valence-corrected chi connectivity index (χ1v) is 11.3. The summed E-state index contributed by atoms with van der Waals surface area (Å²) in [7, 11) is 3.96. The number of aromatic amines is 1. The fourth-order valence-electron chi connectivity index (χ4n) is 4.83. The highest BCUT2D eigenvalue weighted by molar-refractivity contribution is 5.96. The van der Waals surface area contributed by atoms with Gasteiger partial charge in [0.1, 0.15) is 12.0 Å². The van der Waals surface area contributed by atoms with Gasteiger partial charge in [-0.2, -0.15) is 0 Å². The molecule has 0 saturated heterocycles. The first-order valence-electron chi connectivity index (χ1n) is 11.3. The van der Waals surface area contributed by atoms with Crippen molar-refractivity contribution in [2.45, 2.75) is 32.0 Å². The summed E-state index contributed by atoms with van der Waals surface area (Å²) in [6.07, 6.45) is 6.33. The molecule has 0 amide bonds. The van der Waals surface area contributed by atoms with Crippen LogP contribution >= 0.6 is 0 Å². The number of H-pyrrole nitrogens is 1. The number of halogens is 2. The molecule has 2 aliphatic carbocycles. The molecule has 0 aliphatic heterocycles. The van der Waals surface area contributed by atoms with Gasteiger partial charge in [0.05, 0.1) is 11.0 Å². The Bertz CT molecular complexity index is 1370. The summed E-state index contributed by atoms with van der Waals surface area (Å²) in [5.41, 5.74) is 7.41. The number of aromatic nitrogens is 2. The van der Waals surface area contributed by atoms with Gasteiger partial charge in [-0.15, -0.1) is 0 Å². The van der Waals surface area contributed by atoms with Crippen LogP contribution in [0.3, 0.4) is 0 Å². The average Bonchev–Trinajstić information content (AvgIpc) is 3.01. The number of nitrogens with one attached hydrogen (secondary N) is 1. The standard InChI is InChI=1S/C27H27F2N3O/c1-31(2)11-12-32-26-10-3-17(14-25(26)30-27(32)33)13-24-22-8-6-20(28)15-18(22)4-5-19-16-21(29)7-9-23(19)24/h3,6-10,13-15,21H,4-5,11-12,16H2,1-2H3,(H,30,33)/b24-13-. The SMILES string of the molecule is CN(C)CCn1c(=O)[nH]c2cc(/C=C3\C4=C(CCc5cc(F)ccc53)CC(F)C=C4)ccc21. The van der Waals surface area contributed by atoms with Crippen molar-refractivity contribution < 1.29 is 8.78 Å². The fourth-order valence-corrected chi connectivity index (χ4v) is 4.83. The Morgan fingerprint density at radius 2 is 2.03 bits per heavy atom. The lowest BCUT2D eigenvalue weighted by atomic mass is 9.87. The Hall–Kier alpha value is -3.25. The summed E-state index contributed by atoms with van der Waals surface area (Å²) < 4.78 is 29.9. The molecule has 0 fully saturated rings. The average molecular weight is 448 g/mol. The van der Waals surface area contributed by atoms with Gasteiger partial charge >= 0.3 is 5.69 Å². The highest BCUT2D eigenvalue weighted by Crippen LogP contribution is 2.40. The Morgan fingerprint density at radius 1 is 1.18 bits per heavy atom. The van der Waals surface area contributed by atoms with Crippen molar-refractivity contribution >= 4 is 22.7 Å². The molecule has 6 heteroatoms. The van der Waals surface area contributed by atoms with E-state index >= 15 is 0 Å². The quantitative estimate of drug-likeness (QED) is 0.604. The molecule has 1 unspecified atom stereocenters. The van der Waals surface area contributed by atoms with Gasteiger partial charge in [-0.3, -0.25) is 4.57 Å². The van der Waals surface area contributed by atoms with Gasteiger partial charge in [0, 0.05) is 19.5 Å². The topological polar surface area (TPSA) is 41.0 Å². The highest BCUT2D eigenvalue weighted by atomic mass is 19.1. The molecule has 0 spiro atoms. The lowest BCUT2D eigenvalue weighted by Gasteiger charge is -2.19. The maximum atomic E-state index is 14.1. The first kappa shape index (κ1) is 21.6. The second-order valence-corrected chi connectivity index (χ2v) is 9.12. The van der Waals surface area contributed by atoms with Gasteiger partial charge < -0.3 is 9.88 Å². The van der Waals surface area contributed by atoms with E-state index in [1.807, 2.05) is 49.3 Å². The third kappa shape index (κ3) is 4.23. The van der Waals surface area contributed by atoms with Crippen molar-refractivity contribution in [2.75, 3.05) is 20.6 Å². The van der Waals surface area contributed by atoms with E-state index in [4.69, 9.17) is 0 Å². The molecule has 33 heavy (non-hydrogen) atoms. The zero-order valence-corrected chi connectivity index (χ0v) is 18.9. The molecule has 1 N–H and O–H groups in total. The minimum absolute atomic E-state index is 0.124. The van der Waals surface area contributed by atoms with Gasteiger partial charge in [-0.05, 0) is 91.2 Å². The lowest BCUT2D eigenvalue weighted by Crippen LogP contribution is -2.24. The maximum absolute atomic E-state index is 14.1. The Morgan fingerprint density at radius 3 is 2.85 bits per heavy atom. The van der Waals surface area contributed by atoms with Crippen molar-refractivity contribution in [1.82, 2.24) is 14.5 Å². The van der Waals surface area contributed by atoms with E-state index in [0.29, 0.717) is 19.4 Å². The molecule has 1 aromatic heterocycles. The summed E-state index contributed by atoms with van der Waals surface area (Å²) in [6.45, 7) is 1.38. The number of allylic oxidation sites excluding steroid dienone is 5. The predicted molar refractivity (Wildman–Crippen MR) is 129 cm³/mol. The molecule has 1 atom stereocenters. The minimum Gasteiger partial charge on any atom is -0.308 e. The van der Waals surface area contributed by atoms with Crippen LogP contribution in [0.2, 0.25) is 0 Å². The van der Waals surface area contributed by atoms with Crippen LogP contribution in [0, 0.1) is 5.82 Å². The molecule has 0 saturated carbocycles. The van der Waals surface area contributed by atoms with Gasteiger partial charge in [-0.25, -0.2) is 13.6 Å². The molecule has 170 valence electrons. The number of imidazole rings is 1. The number of hydrogen-bond donors (Lipinski definition) is 1. The van der Waals surface area contributed by atoms with Gasteiger partial charge in [0.2, 0.25) is 0 Å². The molecule has 0 bridgehead atoms. The zero-order valence-electron chi connectivity index (χ0n) is 18.9. The minimum atomic E-state index is -0.980. The van der Waals surface area contributed by atoms with E-state index in [1.165, 1.54) is 6.07 Å². The largest absolute Gasteiger partial charge is 0.326 e. The molecule has 4 nitrogen and oxygen atoms in total. The number of aryl methyl sites for hydroxylation is 1. The van der Waals surface area contributed by atoms with Crippen molar-refractivity contribution in [1.29, 1.82) is 0 Å². The highest BCUT2D eigenvalue weighted by Gasteiger charge is 2.24. The third-order valence-electron chi connectivity index (χ3n) is 6.52. The predicted octanol–water partition coefficient (Wildman–Crippen LogP) is 5.11. The van der Waals surface area contributed by atoms with E-state index < -0.39 is 6.17 Å². The van der Waals surface area contributed by atoms with Crippen LogP contribution in [-0.4, -0.2) is 41.3 Å². The van der Waals surface area contributed by atoms with E-state index in [-0.39, 0.29) is 11.5 Å².